The summed E-state index contributed by atoms with van der Waals surface area (Å²) in [5.41, 5.74) is 0.750. The molecule has 1 saturated heterocycles. The highest BCUT2D eigenvalue weighted by atomic mass is 19.1. The minimum Gasteiger partial charge on any atom is -0.359 e. The molecule has 0 unspecified atom stereocenters. The minimum absolute atomic E-state index is 0.0404. The van der Waals surface area contributed by atoms with Gasteiger partial charge in [-0.15, -0.1) is 0 Å². The van der Waals surface area contributed by atoms with Crippen molar-refractivity contribution in [1.29, 1.82) is 0 Å². The van der Waals surface area contributed by atoms with Gasteiger partial charge in [-0.05, 0) is 24.6 Å². The van der Waals surface area contributed by atoms with Crippen molar-refractivity contribution in [2.45, 2.75) is 19.0 Å². The maximum absolute atomic E-state index is 13.2. The van der Waals surface area contributed by atoms with E-state index in [2.05, 4.69) is 10.5 Å². The maximum Gasteiger partial charge on any atom is 0.325 e. The Balaban J connectivity index is 1.56. The van der Waals surface area contributed by atoms with Gasteiger partial charge in [0.25, 0.3) is 5.91 Å². The molecule has 2 aromatic carbocycles. The summed E-state index contributed by atoms with van der Waals surface area (Å²) < 4.78 is 18.5. The van der Waals surface area contributed by atoms with Crippen molar-refractivity contribution in [2.24, 2.45) is 0 Å². The smallest absolute Gasteiger partial charge is 0.325 e. The molecule has 1 aromatic heterocycles. The first-order valence-corrected chi connectivity index (χ1v) is 8.38. The molecule has 1 atom stereocenters. The van der Waals surface area contributed by atoms with Crippen molar-refractivity contribution in [2.75, 3.05) is 0 Å². The predicted molar refractivity (Wildman–Crippen MR) is 94.8 cm³/mol. The van der Waals surface area contributed by atoms with Gasteiger partial charge in [0.15, 0.2) is 5.76 Å². The van der Waals surface area contributed by atoms with Crippen LogP contribution in [0.5, 0.6) is 0 Å². The molecular weight excluding hydrogens is 349 g/mol. The van der Waals surface area contributed by atoms with E-state index in [1.54, 1.807) is 13.0 Å². The summed E-state index contributed by atoms with van der Waals surface area (Å²) in [5, 5.41) is 6.67. The van der Waals surface area contributed by atoms with E-state index in [1.165, 1.54) is 24.3 Å². The SMILES string of the molecule is C[C@]1(c2ccc(F)cc2)NC(=O)N(Cc2cc(-c3ccccc3)no2)C1=O. The zero-order valence-corrected chi connectivity index (χ0v) is 14.5. The van der Waals surface area contributed by atoms with Crippen molar-refractivity contribution in [1.82, 2.24) is 15.4 Å². The van der Waals surface area contributed by atoms with E-state index in [4.69, 9.17) is 4.52 Å². The molecule has 7 heteroatoms. The van der Waals surface area contributed by atoms with Crippen LogP contribution in [0.2, 0.25) is 0 Å². The number of carbonyl (C=O) groups excluding carboxylic acids is 2. The van der Waals surface area contributed by atoms with Crippen molar-refractivity contribution >= 4 is 11.9 Å². The first kappa shape index (κ1) is 17.0. The third-order valence-corrected chi connectivity index (χ3v) is 4.64. The first-order chi connectivity index (χ1) is 13.0. The monoisotopic (exact) mass is 365 g/mol. The molecule has 3 amide bonds. The molecule has 0 saturated carbocycles. The molecule has 1 fully saturated rings. The Morgan fingerprint density at radius 3 is 2.52 bits per heavy atom. The first-order valence-electron chi connectivity index (χ1n) is 8.38. The number of nitrogens with one attached hydrogen (secondary N) is 1. The molecule has 4 rings (SSSR count). The number of hydrogen-bond donors (Lipinski definition) is 1. The van der Waals surface area contributed by atoms with Crippen molar-refractivity contribution in [3.63, 3.8) is 0 Å². The number of benzene rings is 2. The fourth-order valence-corrected chi connectivity index (χ4v) is 3.11. The van der Waals surface area contributed by atoms with Crippen LogP contribution in [0.15, 0.2) is 65.2 Å². The standard InChI is InChI=1S/C20H16FN3O3/c1-20(14-7-9-15(21)10-8-14)18(25)24(19(26)22-20)12-16-11-17(23-27-16)13-5-3-2-4-6-13/h2-11H,12H2,1H3,(H,22,26)/t20-/m1/s1. The Morgan fingerprint density at radius 1 is 1.11 bits per heavy atom. The van der Waals surface area contributed by atoms with Gasteiger partial charge in [0.05, 0.1) is 6.54 Å². The number of nitrogens with zero attached hydrogens (tertiary/aromatic N) is 2. The molecule has 27 heavy (non-hydrogen) atoms. The lowest BCUT2D eigenvalue weighted by molar-refractivity contribution is -0.131. The average Bonchev–Trinajstić information content (AvgIpc) is 3.22. The van der Waals surface area contributed by atoms with E-state index in [0.717, 1.165) is 10.5 Å². The average molecular weight is 365 g/mol. The van der Waals surface area contributed by atoms with Gasteiger partial charge in [-0.3, -0.25) is 9.69 Å². The topological polar surface area (TPSA) is 75.4 Å². The zero-order chi connectivity index (χ0) is 19.0. The van der Waals surface area contributed by atoms with Crippen LogP contribution in [0, 0.1) is 5.82 Å². The van der Waals surface area contributed by atoms with E-state index < -0.39 is 23.3 Å². The van der Waals surface area contributed by atoms with E-state index in [9.17, 15) is 14.0 Å². The molecular formula is C20H16FN3O3. The molecule has 6 nitrogen and oxygen atoms in total. The molecule has 0 radical (unpaired) electrons. The van der Waals surface area contributed by atoms with Gasteiger partial charge >= 0.3 is 6.03 Å². The molecule has 0 aliphatic carbocycles. The van der Waals surface area contributed by atoms with Crippen LogP contribution < -0.4 is 5.32 Å². The van der Waals surface area contributed by atoms with Gasteiger partial charge in [-0.25, -0.2) is 9.18 Å². The Kier molecular flexibility index (Phi) is 3.99. The van der Waals surface area contributed by atoms with Gasteiger partial charge in [-0.1, -0.05) is 47.6 Å². The summed E-state index contributed by atoms with van der Waals surface area (Å²) in [5.74, 6) is -0.455. The third kappa shape index (κ3) is 2.97. The number of aromatic nitrogens is 1. The predicted octanol–water partition coefficient (Wildman–Crippen LogP) is 3.45. The lowest BCUT2D eigenvalue weighted by atomic mass is 9.92. The lowest BCUT2D eigenvalue weighted by Crippen LogP contribution is -2.40. The van der Waals surface area contributed by atoms with Gasteiger partial charge in [0, 0.05) is 11.6 Å². The Labute approximate surface area is 154 Å². The molecule has 1 aliphatic rings. The van der Waals surface area contributed by atoms with E-state index in [-0.39, 0.29) is 6.54 Å². The molecule has 1 aliphatic heterocycles. The molecule has 136 valence electrons. The number of hydrogen-bond acceptors (Lipinski definition) is 4. The summed E-state index contributed by atoms with van der Waals surface area (Å²) in [6.45, 7) is 1.55. The molecule has 1 N–H and O–H groups in total. The maximum atomic E-state index is 13.2. The molecule has 0 spiro atoms. The highest BCUT2D eigenvalue weighted by Crippen LogP contribution is 2.30. The number of halogens is 1. The van der Waals surface area contributed by atoms with Crippen LogP contribution >= 0.6 is 0 Å². The quantitative estimate of drug-likeness (QED) is 0.719. The second-order valence-electron chi connectivity index (χ2n) is 6.50. The fraction of sp³-hybridized carbons (Fsp3) is 0.150. The largest absolute Gasteiger partial charge is 0.359 e. The van der Waals surface area contributed by atoms with Crippen LogP contribution in [0.1, 0.15) is 18.2 Å². The van der Waals surface area contributed by atoms with Gasteiger partial charge in [0.1, 0.15) is 17.1 Å². The number of rotatable bonds is 4. The Hall–Kier alpha value is -3.48. The van der Waals surface area contributed by atoms with Crippen molar-refractivity contribution in [3.05, 3.63) is 77.8 Å². The van der Waals surface area contributed by atoms with Crippen LogP contribution in [-0.2, 0) is 16.9 Å². The van der Waals surface area contributed by atoms with Gasteiger partial charge in [0.2, 0.25) is 0 Å². The second-order valence-corrected chi connectivity index (χ2v) is 6.50. The van der Waals surface area contributed by atoms with E-state index in [0.29, 0.717) is 17.0 Å². The summed E-state index contributed by atoms with van der Waals surface area (Å²) >= 11 is 0. The Morgan fingerprint density at radius 2 is 1.81 bits per heavy atom. The molecule has 2 heterocycles. The lowest BCUT2D eigenvalue weighted by Gasteiger charge is -2.21. The summed E-state index contributed by atoms with van der Waals surface area (Å²) in [6, 6.07) is 16.1. The molecule has 0 bridgehead atoms. The number of amides is 3. The fourth-order valence-electron chi connectivity index (χ4n) is 3.11. The van der Waals surface area contributed by atoms with E-state index in [1.807, 2.05) is 30.3 Å². The van der Waals surface area contributed by atoms with Crippen molar-refractivity contribution in [3.8, 4) is 11.3 Å². The number of imide groups is 1. The van der Waals surface area contributed by atoms with Crippen molar-refractivity contribution < 1.29 is 18.5 Å². The van der Waals surface area contributed by atoms with Gasteiger partial charge < -0.3 is 9.84 Å². The highest BCUT2D eigenvalue weighted by molar-refractivity contribution is 6.07. The van der Waals surface area contributed by atoms with Crippen LogP contribution in [0.4, 0.5) is 9.18 Å². The zero-order valence-electron chi connectivity index (χ0n) is 14.5. The second kappa shape index (κ2) is 6.35. The number of carbonyl (C=O) groups is 2. The highest BCUT2D eigenvalue weighted by Gasteiger charge is 2.49. The minimum atomic E-state index is -1.26. The van der Waals surface area contributed by atoms with E-state index >= 15 is 0 Å². The van der Waals surface area contributed by atoms with Crippen LogP contribution in [0.25, 0.3) is 11.3 Å². The normalized spacial score (nSPS) is 19.4. The van der Waals surface area contributed by atoms with Crippen LogP contribution in [-0.4, -0.2) is 22.0 Å². The summed E-state index contributed by atoms with van der Waals surface area (Å²) in [4.78, 5) is 26.3. The van der Waals surface area contributed by atoms with Gasteiger partial charge in [-0.2, -0.15) is 0 Å². The molecule has 3 aromatic rings. The number of urea groups is 1. The third-order valence-electron chi connectivity index (χ3n) is 4.64. The summed E-state index contributed by atoms with van der Waals surface area (Å²) in [7, 11) is 0. The summed E-state index contributed by atoms with van der Waals surface area (Å²) in [6.07, 6.45) is 0. The van der Waals surface area contributed by atoms with Crippen LogP contribution in [0.3, 0.4) is 0 Å². The Bertz CT molecular complexity index is 1000.